The minimum Gasteiger partial charge on any atom is -0.384 e. The second-order valence-corrected chi connectivity index (χ2v) is 6.43. The third kappa shape index (κ3) is 6.39. The minimum absolute atomic E-state index is 0.257. The van der Waals surface area contributed by atoms with Crippen LogP contribution in [0.25, 0.3) is 0 Å². The summed E-state index contributed by atoms with van der Waals surface area (Å²) in [5.74, 6) is 0.779. The summed E-state index contributed by atoms with van der Waals surface area (Å²) in [6.07, 6.45) is 10.2. The van der Waals surface area contributed by atoms with Gasteiger partial charge in [-0.1, -0.05) is 66.2 Å². The van der Waals surface area contributed by atoms with E-state index in [0.717, 1.165) is 25.7 Å². The van der Waals surface area contributed by atoms with E-state index in [1.807, 2.05) is 0 Å². The highest BCUT2D eigenvalue weighted by Crippen LogP contribution is 2.36. The first-order valence-electron chi connectivity index (χ1n) is 8.57. The van der Waals surface area contributed by atoms with Crippen LogP contribution in [0.5, 0.6) is 0 Å². The van der Waals surface area contributed by atoms with E-state index in [1.54, 1.807) is 7.11 Å². The summed E-state index contributed by atoms with van der Waals surface area (Å²) in [5, 5.41) is 0. The van der Waals surface area contributed by atoms with Crippen molar-refractivity contribution in [2.24, 2.45) is 11.3 Å². The number of ketones is 1. The van der Waals surface area contributed by atoms with Crippen LogP contribution in [0.15, 0.2) is 0 Å². The van der Waals surface area contributed by atoms with Crippen molar-refractivity contribution < 1.29 is 9.53 Å². The van der Waals surface area contributed by atoms with Crippen LogP contribution in [0.3, 0.4) is 0 Å². The van der Waals surface area contributed by atoms with Crippen molar-refractivity contribution in [2.75, 3.05) is 13.7 Å². The Morgan fingerprint density at radius 2 is 1.60 bits per heavy atom. The molecule has 0 saturated heterocycles. The standard InChI is InChI=1S/C18H36O2/c1-6-8-9-10-11-12-13-17(19)18(14-7-2,15-20-5)16(3)4/h16H,6-15H2,1-5H3. The van der Waals surface area contributed by atoms with Gasteiger partial charge in [-0.3, -0.25) is 4.79 Å². The first-order valence-corrected chi connectivity index (χ1v) is 8.57. The summed E-state index contributed by atoms with van der Waals surface area (Å²) >= 11 is 0. The number of hydrogen-bond donors (Lipinski definition) is 0. The molecule has 0 aliphatic heterocycles. The maximum Gasteiger partial charge on any atom is 0.141 e. The number of carbonyl (C=O) groups is 1. The Hall–Kier alpha value is -0.370. The topological polar surface area (TPSA) is 26.3 Å². The monoisotopic (exact) mass is 284 g/mol. The molecule has 0 heterocycles. The zero-order valence-corrected chi connectivity index (χ0v) is 14.5. The normalized spacial score (nSPS) is 14.5. The van der Waals surface area contributed by atoms with Crippen molar-refractivity contribution in [3.05, 3.63) is 0 Å². The van der Waals surface area contributed by atoms with Crippen LogP contribution in [-0.2, 0) is 9.53 Å². The summed E-state index contributed by atoms with van der Waals surface area (Å²) < 4.78 is 5.38. The van der Waals surface area contributed by atoms with Crippen LogP contribution in [0.2, 0.25) is 0 Å². The molecule has 0 aliphatic carbocycles. The summed E-state index contributed by atoms with van der Waals surface area (Å²) in [7, 11) is 1.71. The van der Waals surface area contributed by atoms with Gasteiger partial charge in [0, 0.05) is 13.5 Å². The average molecular weight is 284 g/mol. The fraction of sp³-hybridized carbons (Fsp3) is 0.944. The van der Waals surface area contributed by atoms with Crippen LogP contribution < -0.4 is 0 Å². The molecule has 0 rings (SSSR count). The van der Waals surface area contributed by atoms with Gasteiger partial charge >= 0.3 is 0 Å². The molecule has 0 aromatic carbocycles. The third-order valence-corrected chi connectivity index (χ3v) is 4.52. The van der Waals surface area contributed by atoms with Crippen molar-refractivity contribution in [3.63, 3.8) is 0 Å². The number of hydrogen-bond acceptors (Lipinski definition) is 2. The molecule has 0 aliphatic rings. The van der Waals surface area contributed by atoms with E-state index in [0.29, 0.717) is 18.3 Å². The lowest BCUT2D eigenvalue weighted by Crippen LogP contribution is -2.40. The number of ether oxygens (including phenoxy) is 1. The molecule has 2 nitrogen and oxygen atoms in total. The molecule has 0 radical (unpaired) electrons. The van der Waals surface area contributed by atoms with Crippen molar-refractivity contribution in [3.8, 4) is 0 Å². The summed E-state index contributed by atoms with van der Waals surface area (Å²) in [6, 6.07) is 0. The Morgan fingerprint density at radius 3 is 2.10 bits per heavy atom. The fourth-order valence-electron chi connectivity index (χ4n) is 3.09. The van der Waals surface area contributed by atoms with Gasteiger partial charge in [0.25, 0.3) is 0 Å². The van der Waals surface area contributed by atoms with Gasteiger partial charge in [-0.05, 0) is 18.8 Å². The van der Waals surface area contributed by atoms with E-state index in [2.05, 4.69) is 27.7 Å². The predicted molar refractivity (Wildman–Crippen MR) is 87.1 cm³/mol. The smallest absolute Gasteiger partial charge is 0.141 e. The average Bonchev–Trinajstić information content (AvgIpc) is 2.41. The van der Waals surface area contributed by atoms with Crippen LogP contribution in [-0.4, -0.2) is 19.5 Å². The lowest BCUT2D eigenvalue weighted by atomic mass is 9.70. The van der Waals surface area contributed by atoms with Crippen LogP contribution in [0.4, 0.5) is 0 Å². The highest BCUT2D eigenvalue weighted by Gasteiger charge is 2.39. The summed E-state index contributed by atoms with van der Waals surface area (Å²) in [6.45, 7) is 9.29. The minimum atomic E-state index is -0.257. The SMILES string of the molecule is CCCCCCCCC(=O)C(CCC)(COC)C(C)C. The quantitative estimate of drug-likeness (QED) is 0.423. The van der Waals surface area contributed by atoms with Gasteiger partial charge in [0.1, 0.15) is 5.78 Å². The van der Waals surface area contributed by atoms with E-state index in [1.165, 1.54) is 32.1 Å². The molecule has 0 spiro atoms. The molecule has 1 unspecified atom stereocenters. The molecular formula is C18H36O2. The van der Waals surface area contributed by atoms with Gasteiger partial charge < -0.3 is 4.74 Å². The van der Waals surface area contributed by atoms with Crippen molar-refractivity contribution in [1.82, 2.24) is 0 Å². The largest absolute Gasteiger partial charge is 0.384 e. The molecule has 120 valence electrons. The maximum absolute atomic E-state index is 12.7. The Morgan fingerprint density at radius 1 is 1.00 bits per heavy atom. The van der Waals surface area contributed by atoms with Crippen molar-refractivity contribution in [1.29, 1.82) is 0 Å². The number of carbonyl (C=O) groups excluding carboxylic acids is 1. The first kappa shape index (κ1) is 19.6. The summed E-state index contributed by atoms with van der Waals surface area (Å²) in [5.41, 5.74) is -0.257. The molecule has 0 N–H and O–H groups in total. The van der Waals surface area contributed by atoms with Crippen molar-refractivity contribution >= 4 is 5.78 Å². The predicted octanol–water partition coefficient (Wildman–Crippen LogP) is 5.40. The van der Waals surface area contributed by atoms with Gasteiger partial charge in [-0.15, -0.1) is 0 Å². The lowest BCUT2D eigenvalue weighted by Gasteiger charge is -2.35. The van der Waals surface area contributed by atoms with E-state index in [9.17, 15) is 4.79 Å². The second-order valence-electron chi connectivity index (χ2n) is 6.43. The molecule has 0 aromatic heterocycles. The van der Waals surface area contributed by atoms with Crippen LogP contribution >= 0.6 is 0 Å². The van der Waals surface area contributed by atoms with E-state index in [4.69, 9.17) is 4.74 Å². The van der Waals surface area contributed by atoms with Gasteiger partial charge in [-0.2, -0.15) is 0 Å². The van der Waals surface area contributed by atoms with Gasteiger partial charge in [-0.25, -0.2) is 0 Å². The Labute approximate surface area is 126 Å². The molecular weight excluding hydrogens is 248 g/mol. The summed E-state index contributed by atoms with van der Waals surface area (Å²) in [4.78, 5) is 12.7. The zero-order chi connectivity index (χ0) is 15.4. The van der Waals surface area contributed by atoms with Gasteiger partial charge in [0.2, 0.25) is 0 Å². The maximum atomic E-state index is 12.7. The molecule has 0 amide bonds. The number of Topliss-reactive ketones (excluding diaryl/α,β-unsaturated/α-hetero) is 1. The Kier molecular flexibility index (Phi) is 11.1. The number of unbranched alkanes of at least 4 members (excludes halogenated alkanes) is 5. The van der Waals surface area contributed by atoms with Crippen LogP contribution in [0, 0.1) is 11.3 Å². The third-order valence-electron chi connectivity index (χ3n) is 4.52. The highest BCUT2D eigenvalue weighted by molar-refractivity contribution is 5.85. The Bertz CT molecular complexity index is 240. The fourth-order valence-corrected chi connectivity index (χ4v) is 3.09. The van der Waals surface area contributed by atoms with Gasteiger partial charge in [0.15, 0.2) is 0 Å². The number of rotatable bonds is 13. The van der Waals surface area contributed by atoms with Gasteiger partial charge in [0.05, 0.1) is 12.0 Å². The van der Waals surface area contributed by atoms with Crippen LogP contribution in [0.1, 0.15) is 85.5 Å². The highest BCUT2D eigenvalue weighted by atomic mass is 16.5. The van der Waals surface area contributed by atoms with E-state index < -0.39 is 0 Å². The lowest BCUT2D eigenvalue weighted by molar-refractivity contribution is -0.136. The van der Waals surface area contributed by atoms with E-state index in [-0.39, 0.29) is 5.41 Å². The molecule has 0 bridgehead atoms. The second kappa shape index (κ2) is 11.3. The molecule has 1 atom stereocenters. The first-order chi connectivity index (χ1) is 9.55. The van der Waals surface area contributed by atoms with E-state index >= 15 is 0 Å². The molecule has 0 fully saturated rings. The molecule has 0 aromatic rings. The molecule has 0 saturated carbocycles. The van der Waals surface area contributed by atoms with Crippen molar-refractivity contribution in [2.45, 2.75) is 85.5 Å². The molecule has 2 heteroatoms. The Balaban J connectivity index is 4.33. The zero-order valence-electron chi connectivity index (χ0n) is 14.5. The number of methoxy groups -OCH3 is 1. The molecule has 20 heavy (non-hydrogen) atoms.